The number of carbonyl (C=O) groups excluding carboxylic acids is 3. The number of fused-ring (bicyclic) bond motifs is 1. The van der Waals surface area contributed by atoms with Crippen molar-refractivity contribution in [3.8, 4) is 0 Å². The summed E-state index contributed by atoms with van der Waals surface area (Å²) in [5, 5.41) is 2.84. The molecule has 0 aromatic heterocycles. The van der Waals surface area contributed by atoms with Gasteiger partial charge in [0.25, 0.3) is 5.91 Å². The monoisotopic (exact) mass is 488 g/mol. The standard InChI is InChI=1S/C24H29BrN2O4/c1-22(2)21(30)26-17-5-3-4-6-18(17)27(22)19(28)13-31-20(29)12-23-8-15-7-16(9-23)11-24(25,10-15)14-23/h3-6,15-16H,7-14H2,1-2H3,(H,26,30)/t15-,16-,23?,24?/m1/s1. The number of para-hydroxylation sites is 2. The van der Waals surface area contributed by atoms with E-state index in [9.17, 15) is 14.4 Å². The summed E-state index contributed by atoms with van der Waals surface area (Å²) in [5.41, 5.74) is 0.142. The first-order valence-electron chi connectivity index (χ1n) is 11.2. The summed E-state index contributed by atoms with van der Waals surface area (Å²) in [6, 6.07) is 7.18. The molecular formula is C24H29BrN2O4. The summed E-state index contributed by atoms with van der Waals surface area (Å²) < 4.78 is 5.68. The number of rotatable bonds is 4. The van der Waals surface area contributed by atoms with Crippen molar-refractivity contribution in [3.63, 3.8) is 0 Å². The lowest BCUT2D eigenvalue weighted by Crippen LogP contribution is -2.59. The molecule has 0 spiro atoms. The molecule has 6 nitrogen and oxygen atoms in total. The quantitative estimate of drug-likeness (QED) is 0.502. The number of amides is 2. The lowest BCUT2D eigenvalue weighted by atomic mass is 9.49. The van der Waals surface area contributed by atoms with Crippen LogP contribution in [0.4, 0.5) is 11.4 Å². The maximum atomic E-state index is 13.1. The number of hydrogen-bond donors (Lipinski definition) is 1. The number of hydrogen-bond acceptors (Lipinski definition) is 4. The molecule has 4 aliphatic carbocycles. The maximum absolute atomic E-state index is 13.1. The van der Waals surface area contributed by atoms with Crippen LogP contribution in [0.5, 0.6) is 0 Å². The fourth-order valence-corrected chi connectivity index (χ4v) is 8.52. The predicted molar refractivity (Wildman–Crippen MR) is 121 cm³/mol. The summed E-state index contributed by atoms with van der Waals surface area (Å²) in [5.74, 6) is 0.433. The van der Waals surface area contributed by atoms with Gasteiger partial charge in [-0.3, -0.25) is 19.3 Å². The summed E-state index contributed by atoms with van der Waals surface area (Å²) >= 11 is 3.98. The lowest BCUT2D eigenvalue weighted by molar-refractivity contribution is -0.154. The van der Waals surface area contributed by atoms with E-state index in [0.717, 1.165) is 19.3 Å². The number of esters is 1. The van der Waals surface area contributed by atoms with Crippen molar-refractivity contribution >= 4 is 45.1 Å². The third-order valence-electron chi connectivity index (χ3n) is 7.74. The molecule has 6 rings (SSSR count). The number of ether oxygens (including phenoxy) is 1. The van der Waals surface area contributed by atoms with Crippen molar-refractivity contribution in [2.45, 2.75) is 68.7 Å². The minimum Gasteiger partial charge on any atom is -0.456 e. The van der Waals surface area contributed by atoms with E-state index in [4.69, 9.17) is 4.74 Å². The maximum Gasteiger partial charge on any atom is 0.306 e. The topological polar surface area (TPSA) is 75.7 Å². The SMILES string of the molecule is CC1(C)C(=O)Nc2ccccc2N1C(=O)COC(=O)CC12C[C@H]3C[C@@H](CC(Br)(C3)C1)C2. The van der Waals surface area contributed by atoms with Crippen molar-refractivity contribution in [3.05, 3.63) is 24.3 Å². The Morgan fingerprint density at radius 2 is 1.84 bits per heavy atom. The molecule has 4 fully saturated rings. The summed E-state index contributed by atoms with van der Waals surface area (Å²) in [7, 11) is 0. The fourth-order valence-electron chi connectivity index (χ4n) is 7.01. The van der Waals surface area contributed by atoms with Gasteiger partial charge in [0.2, 0.25) is 5.91 Å². The zero-order valence-corrected chi connectivity index (χ0v) is 19.7. The highest BCUT2D eigenvalue weighted by atomic mass is 79.9. The van der Waals surface area contributed by atoms with Crippen molar-refractivity contribution in [2.24, 2.45) is 17.3 Å². The van der Waals surface area contributed by atoms with Crippen LogP contribution in [0.2, 0.25) is 0 Å². The Hall–Kier alpha value is -1.89. The van der Waals surface area contributed by atoms with Crippen LogP contribution in [0, 0.1) is 17.3 Å². The zero-order valence-electron chi connectivity index (χ0n) is 18.1. The summed E-state index contributed by atoms with van der Waals surface area (Å²) in [4.78, 5) is 39.9. The molecule has 1 aromatic rings. The number of anilines is 2. The van der Waals surface area contributed by atoms with Gasteiger partial charge in [0.15, 0.2) is 6.61 Å². The molecule has 1 N–H and O–H groups in total. The highest BCUT2D eigenvalue weighted by Crippen LogP contribution is 2.65. The molecule has 2 amide bonds. The molecule has 5 aliphatic rings. The van der Waals surface area contributed by atoms with E-state index in [1.807, 2.05) is 12.1 Å². The lowest BCUT2D eigenvalue weighted by Gasteiger charge is -2.60. The van der Waals surface area contributed by atoms with Crippen molar-refractivity contribution < 1.29 is 19.1 Å². The Labute approximate surface area is 191 Å². The van der Waals surface area contributed by atoms with Gasteiger partial charge in [0.05, 0.1) is 17.8 Å². The van der Waals surface area contributed by atoms with Crippen molar-refractivity contribution in [1.82, 2.24) is 0 Å². The Balaban J connectivity index is 1.27. The first kappa shape index (κ1) is 21.0. The van der Waals surface area contributed by atoms with E-state index in [-0.39, 0.29) is 34.1 Å². The smallest absolute Gasteiger partial charge is 0.306 e. The van der Waals surface area contributed by atoms with Crippen LogP contribution >= 0.6 is 15.9 Å². The van der Waals surface area contributed by atoms with E-state index in [1.165, 1.54) is 24.2 Å². The molecule has 31 heavy (non-hydrogen) atoms. The number of carbonyl (C=O) groups is 3. The van der Waals surface area contributed by atoms with E-state index >= 15 is 0 Å². The van der Waals surface area contributed by atoms with Crippen LogP contribution in [0.15, 0.2) is 24.3 Å². The van der Waals surface area contributed by atoms with Gasteiger partial charge in [-0.15, -0.1) is 0 Å². The molecule has 4 saturated carbocycles. The highest BCUT2D eigenvalue weighted by molar-refractivity contribution is 9.10. The van der Waals surface area contributed by atoms with Gasteiger partial charge in [-0.05, 0) is 81.8 Å². The number of halogens is 1. The molecule has 0 radical (unpaired) electrons. The summed E-state index contributed by atoms with van der Waals surface area (Å²) in [6.45, 7) is 3.04. The third kappa shape index (κ3) is 3.59. The first-order valence-corrected chi connectivity index (χ1v) is 12.0. The van der Waals surface area contributed by atoms with Crippen LogP contribution in [-0.2, 0) is 19.1 Å². The largest absolute Gasteiger partial charge is 0.456 e. The van der Waals surface area contributed by atoms with Crippen LogP contribution in [0.3, 0.4) is 0 Å². The zero-order chi connectivity index (χ0) is 22.0. The Kier molecular flexibility index (Phi) is 4.78. The van der Waals surface area contributed by atoms with E-state index in [0.29, 0.717) is 29.6 Å². The minimum atomic E-state index is -1.07. The van der Waals surface area contributed by atoms with Gasteiger partial charge in [-0.1, -0.05) is 28.1 Å². The van der Waals surface area contributed by atoms with Crippen LogP contribution in [0.1, 0.15) is 58.8 Å². The third-order valence-corrected chi connectivity index (χ3v) is 8.67. The molecule has 0 saturated heterocycles. The normalized spacial score (nSPS) is 34.8. The summed E-state index contributed by atoms with van der Waals surface area (Å²) in [6.07, 6.45) is 7.28. The Morgan fingerprint density at radius 3 is 2.52 bits per heavy atom. The molecule has 7 heteroatoms. The molecule has 1 aliphatic heterocycles. The molecule has 0 unspecified atom stereocenters. The average molecular weight is 489 g/mol. The first-order chi connectivity index (χ1) is 14.6. The number of benzene rings is 1. The highest BCUT2D eigenvalue weighted by Gasteiger charge is 2.57. The second-order valence-electron chi connectivity index (χ2n) is 10.7. The minimum absolute atomic E-state index is 0.00456. The van der Waals surface area contributed by atoms with E-state index < -0.39 is 5.54 Å². The average Bonchev–Trinajstić information content (AvgIpc) is 2.64. The van der Waals surface area contributed by atoms with Gasteiger partial charge < -0.3 is 10.1 Å². The van der Waals surface area contributed by atoms with Gasteiger partial charge in [-0.2, -0.15) is 0 Å². The van der Waals surface area contributed by atoms with Gasteiger partial charge in [0, 0.05) is 4.32 Å². The van der Waals surface area contributed by atoms with Crippen LogP contribution in [0.25, 0.3) is 0 Å². The number of nitrogens with zero attached hydrogens (tertiary/aromatic N) is 1. The molecule has 1 heterocycles. The van der Waals surface area contributed by atoms with Crippen molar-refractivity contribution in [1.29, 1.82) is 0 Å². The second kappa shape index (κ2) is 7.06. The Bertz CT molecular complexity index is 945. The van der Waals surface area contributed by atoms with Gasteiger partial charge in [-0.25, -0.2) is 0 Å². The molecule has 1 aromatic carbocycles. The fraction of sp³-hybridized carbons (Fsp3) is 0.625. The van der Waals surface area contributed by atoms with Crippen LogP contribution < -0.4 is 10.2 Å². The second-order valence-corrected chi connectivity index (χ2v) is 12.4. The molecule has 2 atom stereocenters. The molecule has 4 bridgehead atoms. The van der Waals surface area contributed by atoms with E-state index in [2.05, 4.69) is 21.2 Å². The number of alkyl halides is 1. The predicted octanol–water partition coefficient (Wildman–Crippen LogP) is 4.42. The molecule has 166 valence electrons. The van der Waals surface area contributed by atoms with Gasteiger partial charge in [0.1, 0.15) is 5.54 Å². The van der Waals surface area contributed by atoms with E-state index in [1.54, 1.807) is 26.0 Å². The van der Waals surface area contributed by atoms with Gasteiger partial charge >= 0.3 is 5.97 Å². The number of nitrogens with one attached hydrogen (secondary N) is 1. The molecular weight excluding hydrogens is 460 g/mol. The van der Waals surface area contributed by atoms with Crippen LogP contribution in [-0.4, -0.2) is 34.3 Å². The van der Waals surface area contributed by atoms with Crippen molar-refractivity contribution in [2.75, 3.05) is 16.8 Å². The Morgan fingerprint density at radius 1 is 1.16 bits per heavy atom.